The van der Waals surface area contributed by atoms with Crippen LogP contribution in [-0.4, -0.2) is 161 Å². The molecule has 4 rings (SSSR count). The Morgan fingerprint density at radius 2 is 1.35 bits per heavy atom. The predicted molar refractivity (Wildman–Crippen MR) is 304 cm³/mol. The van der Waals surface area contributed by atoms with Gasteiger partial charge in [-0.3, -0.25) is 33.7 Å². The van der Waals surface area contributed by atoms with Crippen LogP contribution in [-0.2, 0) is 56.0 Å². The lowest BCUT2D eigenvalue weighted by molar-refractivity contribution is -0.150. The molecule has 3 aromatic rings. The zero-order chi connectivity index (χ0) is 59.4. The minimum absolute atomic E-state index is 0.00833. The molecule has 20 heteroatoms. The molecule has 0 radical (unpaired) electrons. The predicted octanol–water partition coefficient (Wildman–Crippen LogP) is 5.23. The van der Waals surface area contributed by atoms with Crippen molar-refractivity contribution in [2.24, 2.45) is 29.6 Å². The third-order valence-corrected chi connectivity index (χ3v) is 15.3. The number of carbonyl (C=O) groups is 7. The van der Waals surface area contributed by atoms with E-state index in [0.29, 0.717) is 50.0 Å². The van der Waals surface area contributed by atoms with Gasteiger partial charge in [-0.05, 0) is 74.1 Å². The number of aromatic hydroxyl groups is 2. The second-order valence-corrected chi connectivity index (χ2v) is 22.6. The fraction of sp³-hybridized carbons (Fsp3) is 0.617. The van der Waals surface area contributed by atoms with Gasteiger partial charge in [0.05, 0.1) is 42.7 Å². The maximum atomic E-state index is 14.8. The fourth-order valence-electron chi connectivity index (χ4n) is 10.8. The van der Waals surface area contributed by atoms with Gasteiger partial charge in [-0.2, -0.15) is 0 Å². The van der Waals surface area contributed by atoms with E-state index in [1.54, 1.807) is 30.8 Å². The lowest BCUT2D eigenvalue weighted by Crippen LogP contribution is -2.60. The number of aromatic nitrogens is 1. The first-order valence-electron chi connectivity index (χ1n) is 28.3. The number of nitrogens with zero attached hydrogens (tertiary/aromatic N) is 4. The van der Waals surface area contributed by atoms with Crippen molar-refractivity contribution in [3.8, 4) is 11.8 Å². The van der Waals surface area contributed by atoms with Crippen LogP contribution in [0.25, 0.3) is 0 Å². The van der Waals surface area contributed by atoms with Crippen molar-refractivity contribution in [1.82, 2.24) is 40.7 Å². The van der Waals surface area contributed by atoms with Crippen LogP contribution in [0, 0.1) is 29.6 Å². The van der Waals surface area contributed by atoms with Crippen molar-refractivity contribution in [2.75, 3.05) is 41.4 Å². The average Bonchev–Trinajstić information content (AvgIpc) is 4.04. The summed E-state index contributed by atoms with van der Waals surface area (Å²) in [5.74, 6) is -5.31. The Balaban J connectivity index is 1.42. The van der Waals surface area contributed by atoms with Crippen molar-refractivity contribution in [3.63, 3.8) is 0 Å². The van der Waals surface area contributed by atoms with Crippen LogP contribution >= 0.6 is 0 Å². The van der Waals surface area contributed by atoms with Crippen LogP contribution < -0.4 is 26.1 Å². The Morgan fingerprint density at radius 1 is 0.738 bits per heavy atom. The van der Waals surface area contributed by atoms with E-state index in [-0.39, 0.29) is 78.9 Å². The van der Waals surface area contributed by atoms with Gasteiger partial charge in [-0.1, -0.05) is 129 Å². The number of hydrogen-bond donors (Lipinski definition) is 6. The van der Waals surface area contributed by atoms with Crippen molar-refractivity contribution >= 4 is 41.4 Å². The molecule has 0 saturated carbocycles. The number of ether oxygens (including phenoxy) is 2. The highest BCUT2D eigenvalue weighted by Crippen LogP contribution is 2.30. The Morgan fingerprint density at radius 3 is 1.90 bits per heavy atom. The highest BCUT2D eigenvalue weighted by Gasteiger charge is 2.44. The number of benzene rings is 2. The molecule has 1 saturated heterocycles. The van der Waals surface area contributed by atoms with Crippen LogP contribution in [0.15, 0.2) is 72.8 Å². The first kappa shape index (κ1) is 66.0. The Hall–Kier alpha value is -6.51. The highest BCUT2D eigenvalue weighted by molar-refractivity contribution is 5.91. The average molecular weight is 1120 g/mol. The summed E-state index contributed by atoms with van der Waals surface area (Å²) in [6, 6.07) is 16.7. The van der Waals surface area contributed by atoms with Gasteiger partial charge in [0, 0.05) is 59.3 Å². The van der Waals surface area contributed by atoms with Gasteiger partial charge in [0.15, 0.2) is 0 Å². The van der Waals surface area contributed by atoms with E-state index >= 15 is 0 Å². The zero-order valence-corrected chi connectivity index (χ0v) is 49.5. The Labute approximate surface area is 474 Å². The summed E-state index contributed by atoms with van der Waals surface area (Å²) in [4.78, 5) is 108. The number of nitrogens with one attached hydrogen (secondary N) is 4. The first-order chi connectivity index (χ1) is 37.9. The van der Waals surface area contributed by atoms with Gasteiger partial charge < -0.3 is 55.6 Å². The van der Waals surface area contributed by atoms with E-state index in [0.717, 1.165) is 23.3 Å². The molecule has 1 aliphatic rings. The number of rotatable bonds is 32. The van der Waals surface area contributed by atoms with E-state index in [1.807, 2.05) is 121 Å². The van der Waals surface area contributed by atoms with Gasteiger partial charge in [0.25, 0.3) is 0 Å². The number of likely N-dealkylation sites (N-methyl/N-ethyl adjacent to an activating group) is 2. The number of methoxy groups -OCH3 is 2. The number of carbonyl (C=O) groups excluding carboxylic acids is 7. The SMILES string of the molecule is CCC(C)C(C(CC(=O)N1CCCC1C(OC)C(C)C(=O)NC(Cc1ccccc1)C(=O)NCc1ccccc1)OC)N(C)C(=O)C(NC(=O)C(C(C)C)N(C)CCCC(=O)NC(CC(C)C)C(=O)On1c(O)ccc1O)C(C)C. The molecule has 2 aromatic carbocycles. The largest absolute Gasteiger partial charge is 0.492 e. The van der Waals surface area contributed by atoms with E-state index in [1.165, 1.54) is 14.2 Å². The topological polar surface area (TPSA) is 250 Å². The number of amides is 6. The minimum Gasteiger partial charge on any atom is -0.492 e. The molecule has 0 aliphatic carbocycles. The van der Waals surface area contributed by atoms with Crippen molar-refractivity contribution in [1.29, 1.82) is 0 Å². The summed E-state index contributed by atoms with van der Waals surface area (Å²) in [6.45, 7) is 18.1. The molecular formula is C60H92N8O12. The fourth-order valence-corrected chi connectivity index (χ4v) is 10.8. The van der Waals surface area contributed by atoms with Gasteiger partial charge in [-0.15, -0.1) is 4.73 Å². The summed E-state index contributed by atoms with van der Waals surface area (Å²) in [6.07, 6.45) is 1.25. The number of likely N-dealkylation sites (tertiary alicyclic amines) is 1. The molecule has 2 heterocycles. The quantitative estimate of drug-likeness (QED) is 0.0470. The maximum absolute atomic E-state index is 14.8. The van der Waals surface area contributed by atoms with E-state index in [2.05, 4.69) is 21.3 Å². The normalized spacial score (nSPS) is 17.0. The Kier molecular flexibility index (Phi) is 26.5. The van der Waals surface area contributed by atoms with Crippen molar-refractivity contribution in [2.45, 2.75) is 169 Å². The van der Waals surface area contributed by atoms with Crippen LogP contribution in [0.2, 0.25) is 0 Å². The van der Waals surface area contributed by atoms with Gasteiger partial charge in [0.1, 0.15) is 18.1 Å². The molecule has 1 fully saturated rings. The van der Waals surface area contributed by atoms with E-state index in [9.17, 15) is 43.8 Å². The standard InChI is InChI=1S/C60H92N8O12/c1-14-40(8)54(66(11)59(76)52(38(4)5)64-58(75)53(39(6)7)65(10)31-22-28-48(69)62-45(33-37(2)3)60(77)80-68-49(70)29-30-50(68)71)47(78-12)35-51(72)67-32-21-27-46(67)55(79-13)41(9)56(73)63-44(34-42-23-17-15-18-24-42)57(74)61-36-43-25-19-16-20-26-43/h15-20,23-26,29-30,37-41,44-47,52-55,70-71H,14,21-22,27-28,31-36H2,1-13H3,(H,61,74)(H,62,69)(H,63,73)(H,64,75). The van der Waals surface area contributed by atoms with Crippen LogP contribution in [0.5, 0.6) is 11.8 Å². The summed E-state index contributed by atoms with van der Waals surface area (Å²) in [5, 5.41) is 31.7. The van der Waals surface area contributed by atoms with Crippen molar-refractivity contribution < 1.29 is 58.1 Å². The summed E-state index contributed by atoms with van der Waals surface area (Å²) in [7, 11) is 6.51. The van der Waals surface area contributed by atoms with Crippen LogP contribution in [0.3, 0.4) is 0 Å². The van der Waals surface area contributed by atoms with Gasteiger partial charge in [0.2, 0.25) is 47.2 Å². The van der Waals surface area contributed by atoms with Crippen LogP contribution in [0.1, 0.15) is 118 Å². The van der Waals surface area contributed by atoms with Crippen LogP contribution in [0.4, 0.5) is 0 Å². The molecule has 6 N–H and O–H groups in total. The minimum atomic E-state index is -1.06. The molecule has 6 amide bonds. The smallest absolute Gasteiger partial charge is 0.355 e. The number of hydrogen-bond acceptors (Lipinski definition) is 13. The molecule has 0 bridgehead atoms. The first-order valence-corrected chi connectivity index (χ1v) is 28.3. The maximum Gasteiger partial charge on any atom is 0.355 e. The molecule has 20 nitrogen and oxygen atoms in total. The third-order valence-electron chi connectivity index (χ3n) is 15.3. The zero-order valence-electron chi connectivity index (χ0n) is 49.5. The summed E-state index contributed by atoms with van der Waals surface area (Å²) >= 11 is 0. The van der Waals surface area contributed by atoms with Crippen molar-refractivity contribution in [3.05, 3.63) is 83.9 Å². The molecular weight excluding hydrogens is 1020 g/mol. The Bertz CT molecular complexity index is 2440. The van der Waals surface area contributed by atoms with Gasteiger partial charge >= 0.3 is 5.97 Å². The second kappa shape index (κ2) is 32.1. The third kappa shape index (κ3) is 18.8. The second-order valence-electron chi connectivity index (χ2n) is 22.6. The van der Waals surface area contributed by atoms with E-state index in [4.69, 9.17) is 14.3 Å². The van der Waals surface area contributed by atoms with E-state index < -0.39 is 78.0 Å². The summed E-state index contributed by atoms with van der Waals surface area (Å²) < 4.78 is 12.8. The monoisotopic (exact) mass is 1120 g/mol. The molecule has 0 spiro atoms. The highest BCUT2D eigenvalue weighted by atomic mass is 16.7. The van der Waals surface area contributed by atoms with Gasteiger partial charge in [-0.25, -0.2) is 4.79 Å². The molecule has 10 unspecified atom stereocenters. The molecule has 10 atom stereocenters. The molecule has 1 aromatic heterocycles. The molecule has 444 valence electrons. The lowest BCUT2D eigenvalue weighted by Gasteiger charge is -2.41. The lowest BCUT2D eigenvalue weighted by atomic mass is 9.89. The molecule has 1 aliphatic heterocycles. The summed E-state index contributed by atoms with van der Waals surface area (Å²) in [5.41, 5.74) is 1.80. The molecule has 80 heavy (non-hydrogen) atoms.